The molecule has 4 rings (SSSR count). The van der Waals surface area contributed by atoms with Crippen LogP contribution in [0.5, 0.6) is 0 Å². The van der Waals surface area contributed by atoms with Gasteiger partial charge in [-0.15, -0.1) is 0 Å². The number of hydrogen-bond acceptors (Lipinski definition) is 7. The van der Waals surface area contributed by atoms with Gasteiger partial charge in [-0.3, -0.25) is 4.79 Å². The summed E-state index contributed by atoms with van der Waals surface area (Å²) in [5, 5.41) is 36.2. The molecule has 13 heteroatoms. The van der Waals surface area contributed by atoms with Gasteiger partial charge in [0, 0.05) is 35.5 Å². The van der Waals surface area contributed by atoms with Crippen LogP contribution in [0.15, 0.2) is 79.1 Å². The molecular weight excluding hydrogens is 555 g/mol. The number of alkyl halides is 3. The summed E-state index contributed by atoms with van der Waals surface area (Å²) in [7, 11) is 0. The second kappa shape index (κ2) is 13.9. The molecule has 0 aliphatic carbocycles. The van der Waals surface area contributed by atoms with Gasteiger partial charge in [0.15, 0.2) is 5.82 Å². The number of hydrogen-bond donors (Lipinski definition) is 4. The Hall–Kier alpha value is -3.29. The SMILES string of the molecule is O=C(O)C[C@H](O)C[C@H](O)C=Cc1cnn(-c2ccnc(Nc3ccccc3)n2)c1-c1cccc(C(F)(F)F)c1.[CaH2]. The minimum absolute atomic E-state index is 0. The van der Waals surface area contributed by atoms with Crippen LogP contribution in [-0.2, 0) is 11.0 Å². The van der Waals surface area contributed by atoms with Gasteiger partial charge in [-0.1, -0.05) is 42.5 Å². The zero-order chi connectivity index (χ0) is 28.0. The number of rotatable bonds is 10. The van der Waals surface area contributed by atoms with Crippen LogP contribution in [0.2, 0.25) is 0 Å². The standard InChI is InChI=1S/C27H24F3N5O4.Ca.2H/c28-27(29,30)19-6-4-5-17(13-19)25-18(9-10-21(36)14-22(37)15-24(38)39)16-32-35(25)23-11-12-31-26(34-23)33-20-7-2-1-3-8-20;;;/h1-13,16,21-22,36-37H,14-15H2,(H,38,39)(H,31,33,34);;;/t21-,22-;;;/m1.../s1. The van der Waals surface area contributed by atoms with Crippen molar-refractivity contribution in [2.75, 3.05) is 5.32 Å². The number of aliphatic carboxylic acids is 1. The summed E-state index contributed by atoms with van der Waals surface area (Å²) in [5.41, 5.74) is 0.695. The number of aromatic nitrogens is 4. The first-order valence-corrected chi connectivity index (χ1v) is 11.8. The summed E-state index contributed by atoms with van der Waals surface area (Å²) in [5.74, 6) is -0.699. The first-order valence-electron chi connectivity index (χ1n) is 11.8. The van der Waals surface area contributed by atoms with Crippen molar-refractivity contribution in [2.45, 2.75) is 31.2 Å². The number of nitrogens with one attached hydrogen (secondary N) is 1. The van der Waals surface area contributed by atoms with E-state index in [0.717, 1.165) is 17.8 Å². The monoisotopic (exact) mass is 581 g/mol. The summed E-state index contributed by atoms with van der Waals surface area (Å²) >= 11 is 0. The first-order chi connectivity index (χ1) is 18.6. The number of halogens is 3. The van der Waals surface area contributed by atoms with Gasteiger partial charge in [0.1, 0.15) is 0 Å². The minimum atomic E-state index is -4.57. The summed E-state index contributed by atoms with van der Waals surface area (Å²) in [6.07, 6.45) is -2.20. The molecule has 4 N–H and O–H groups in total. The van der Waals surface area contributed by atoms with Crippen LogP contribution in [0.25, 0.3) is 23.2 Å². The molecule has 0 spiro atoms. The molecule has 2 atom stereocenters. The predicted molar refractivity (Wildman–Crippen MR) is 146 cm³/mol. The molecule has 4 aromatic rings. The number of nitrogens with zero attached hydrogens (tertiary/aromatic N) is 4. The molecule has 9 nitrogen and oxygen atoms in total. The van der Waals surface area contributed by atoms with Crippen molar-refractivity contribution in [3.8, 4) is 17.1 Å². The fourth-order valence-corrected chi connectivity index (χ4v) is 3.82. The van der Waals surface area contributed by atoms with E-state index in [9.17, 15) is 28.2 Å². The van der Waals surface area contributed by atoms with Crippen molar-refractivity contribution in [3.05, 3.63) is 90.3 Å². The molecule has 0 aliphatic rings. The zero-order valence-corrected chi connectivity index (χ0v) is 20.3. The number of benzene rings is 2. The Labute approximate surface area is 257 Å². The van der Waals surface area contributed by atoms with E-state index >= 15 is 0 Å². The molecule has 2 aromatic heterocycles. The molecule has 2 aromatic carbocycles. The van der Waals surface area contributed by atoms with E-state index in [1.165, 1.54) is 41.4 Å². The maximum atomic E-state index is 13.5. The fourth-order valence-electron chi connectivity index (χ4n) is 3.82. The summed E-state index contributed by atoms with van der Waals surface area (Å²) in [6, 6.07) is 15.4. The summed E-state index contributed by atoms with van der Waals surface area (Å²) in [6.45, 7) is 0. The van der Waals surface area contributed by atoms with Gasteiger partial charge < -0.3 is 20.6 Å². The molecular formula is C27H26CaF3N5O4. The van der Waals surface area contributed by atoms with Crippen LogP contribution < -0.4 is 5.32 Å². The Morgan fingerprint density at radius 1 is 1.07 bits per heavy atom. The van der Waals surface area contributed by atoms with E-state index in [1.54, 1.807) is 6.07 Å². The number of carboxylic acid groups (broad SMARTS) is 1. The summed E-state index contributed by atoms with van der Waals surface area (Å²) < 4.78 is 41.8. The Bertz CT molecular complexity index is 1460. The second-order valence-corrected chi connectivity index (χ2v) is 8.58. The van der Waals surface area contributed by atoms with Crippen LogP contribution in [0.3, 0.4) is 0 Å². The Kier molecular flexibility index (Phi) is 10.8. The van der Waals surface area contributed by atoms with Crippen LogP contribution >= 0.6 is 0 Å². The Morgan fingerprint density at radius 2 is 1.82 bits per heavy atom. The van der Waals surface area contributed by atoms with Gasteiger partial charge in [0.05, 0.1) is 36.1 Å². The molecule has 206 valence electrons. The number of carbonyl (C=O) groups is 1. The average Bonchev–Trinajstić information content (AvgIpc) is 3.31. The number of carboxylic acids is 1. The van der Waals surface area contributed by atoms with Crippen molar-refractivity contribution < 1.29 is 33.3 Å². The third kappa shape index (κ3) is 8.35. The third-order valence-corrected chi connectivity index (χ3v) is 5.57. The number of anilines is 2. The molecule has 0 fully saturated rings. The molecule has 0 unspecified atom stereocenters. The molecule has 0 aliphatic heterocycles. The van der Waals surface area contributed by atoms with E-state index in [-0.39, 0.29) is 67.2 Å². The van der Waals surface area contributed by atoms with E-state index in [0.29, 0.717) is 5.56 Å². The number of aliphatic hydroxyl groups is 2. The molecule has 0 saturated heterocycles. The van der Waals surface area contributed by atoms with Gasteiger partial charge in [-0.25, -0.2) is 9.67 Å². The Balaban J connectivity index is 0.00000441. The van der Waals surface area contributed by atoms with Gasteiger partial charge in [-0.2, -0.15) is 23.3 Å². The van der Waals surface area contributed by atoms with Crippen molar-refractivity contribution in [3.63, 3.8) is 0 Å². The van der Waals surface area contributed by atoms with Crippen LogP contribution in [0.1, 0.15) is 24.0 Å². The molecule has 40 heavy (non-hydrogen) atoms. The van der Waals surface area contributed by atoms with Crippen LogP contribution in [-0.4, -0.2) is 91.0 Å². The molecule has 0 saturated carbocycles. The van der Waals surface area contributed by atoms with Crippen molar-refractivity contribution >= 4 is 61.4 Å². The van der Waals surface area contributed by atoms with Crippen molar-refractivity contribution in [1.29, 1.82) is 0 Å². The second-order valence-electron chi connectivity index (χ2n) is 8.58. The normalized spacial score (nSPS) is 13.0. The van der Waals surface area contributed by atoms with Gasteiger partial charge in [0.25, 0.3) is 0 Å². The number of para-hydroxylation sites is 1. The van der Waals surface area contributed by atoms with Crippen LogP contribution in [0.4, 0.5) is 24.8 Å². The third-order valence-electron chi connectivity index (χ3n) is 5.57. The topological polar surface area (TPSA) is 133 Å². The van der Waals surface area contributed by atoms with Gasteiger partial charge >= 0.3 is 49.9 Å². The van der Waals surface area contributed by atoms with E-state index in [4.69, 9.17) is 5.11 Å². The van der Waals surface area contributed by atoms with Crippen molar-refractivity contribution in [1.82, 2.24) is 19.7 Å². The zero-order valence-electron chi connectivity index (χ0n) is 20.3. The van der Waals surface area contributed by atoms with Gasteiger partial charge in [0.2, 0.25) is 5.95 Å². The van der Waals surface area contributed by atoms with Gasteiger partial charge in [-0.05, 0) is 24.3 Å². The van der Waals surface area contributed by atoms with E-state index in [1.807, 2.05) is 30.3 Å². The first kappa shape index (κ1) is 31.2. The van der Waals surface area contributed by atoms with Crippen LogP contribution in [0, 0.1) is 0 Å². The predicted octanol–water partition coefficient (Wildman–Crippen LogP) is 3.78. The maximum absolute atomic E-state index is 13.5. The Morgan fingerprint density at radius 3 is 2.52 bits per heavy atom. The molecule has 2 heterocycles. The van der Waals surface area contributed by atoms with Crippen molar-refractivity contribution in [2.24, 2.45) is 0 Å². The fraction of sp³-hybridized carbons (Fsp3) is 0.185. The van der Waals surface area contributed by atoms with E-state index < -0.39 is 36.3 Å². The number of aliphatic hydroxyl groups excluding tert-OH is 2. The average molecular weight is 582 g/mol. The molecule has 0 radical (unpaired) electrons. The summed E-state index contributed by atoms with van der Waals surface area (Å²) in [4.78, 5) is 19.4. The molecule has 0 amide bonds. The molecule has 0 bridgehead atoms. The quantitative estimate of drug-likeness (QED) is 0.208. The van der Waals surface area contributed by atoms with E-state index in [2.05, 4.69) is 20.4 Å².